The molecule has 1 aromatic heterocycles. The molecule has 0 saturated heterocycles. The number of benzene rings is 2. The second kappa shape index (κ2) is 7.61. The number of fused-ring (bicyclic) bond motifs is 2. The van der Waals surface area contributed by atoms with Crippen molar-refractivity contribution in [3.05, 3.63) is 73.8 Å². The smallest absolute Gasteiger partial charge is 0.238 e. The first-order valence-corrected chi connectivity index (χ1v) is 9.82. The third-order valence-electron chi connectivity index (χ3n) is 5.53. The third kappa shape index (κ3) is 3.78. The standard InChI is InChI=1S/C22H21ClFN3O2/c1-12-3-5-15-21(13(12)2)26-19-7-8-27(10-16(19)22(15)29)11-20(28)25-14-4-6-17(23)18(24)9-14/h3-6,9H,7-8,10-11H2,1-2H3,(H,25,28)(H,26,29). The largest absolute Gasteiger partial charge is 0.358 e. The normalized spacial score (nSPS) is 14.1. The van der Waals surface area contributed by atoms with Gasteiger partial charge in [-0.25, -0.2) is 4.39 Å². The number of nitrogens with zero attached hydrogens (tertiary/aromatic N) is 1. The van der Waals surface area contributed by atoms with Gasteiger partial charge in [-0.3, -0.25) is 14.5 Å². The van der Waals surface area contributed by atoms with Gasteiger partial charge in [0.1, 0.15) is 5.82 Å². The molecule has 150 valence electrons. The zero-order chi connectivity index (χ0) is 20.7. The van der Waals surface area contributed by atoms with Crippen molar-refractivity contribution < 1.29 is 9.18 Å². The Bertz CT molecular complexity index is 1190. The molecular weight excluding hydrogens is 393 g/mol. The molecule has 0 atom stereocenters. The molecule has 0 fully saturated rings. The zero-order valence-corrected chi connectivity index (χ0v) is 17.0. The molecule has 2 N–H and O–H groups in total. The Morgan fingerprint density at radius 3 is 2.83 bits per heavy atom. The van der Waals surface area contributed by atoms with Gasteiger partial charge in [0.05, 0.1) is 17.1 Å². The van der Waals surface area contributed by atoms with E-state index >= 15 is 0 Å². The van der Waals surface area contributed by atoms with Gasteiger partial charge >= 0.3 is 0 Å². The summed E-state index contributed by atoms with van der Waals surface area (Å²) in [4.78, 5) is 30.8. The van der Waals surface area contributed by atoms with Gasteiger partial charge < -0.3 is 10.3 Å². The van der Waals surface area contributed by atoms with Crippen molar-refractivity contribution in [2.75, 3.05) is 18.4 Å². The molecule has 29 heavy (non-hydrogen) atoms. The number of aromatic nitrogens is 1. The number of aromatic amines is 1. The molecule has 2 heterocycles. The summed E-state index contributed by atoms with van der Waals surface area (Å²) < 4.78 is 13.5. The summed E-state index contributed by atoms with van der Waals surface area (Å²) in [6.45, 7) is 5.21. The summed E-state index contributed by atoms with van der Waals surface area (Å²) >= 11 is 5.67. The lowest BCUT2D eigenvalue weighted by molar-refractivity contribution is -0.117. The molecule has 2 aromatic carbocycles. The van der Waals surface area contributed by atoms with Gasteiger partial charge in [-0.05, 0) is 49.2 Å². The predicted molar refractivity (Wildman–Crippen MR) is 113 cm³/mol. The minimum atomic E-state index is -0.583. The Morgan fingerprint density at radius 1 is 1.28 bits per heavy atom. The number of halogens is 2. The number of hydrogen-bond acceptors (Lipinski definition) is 3. The van der Waals surface area contributed by atoms with E-state index in [0.717, 1.165) is 22.3 Å². The number of carbonyl (C=O) groups excluding carboxylic acids is 1. The number of hydrogen-bond donors (Lipinski definition) is 2. The Kier molecular flexibility index (Phi) is 5.15. The summed E-state index contributed by atoms with van der Waals surface area (Å²) in [5.41, 5.74) is 5.13. The minimum Gasteiger partial charge on any atom is -0.358 e. The van der Waals surface area contributed by atoms with E-state index in [9.17, 15) is 14.0 Å². The topological polar surface area (TPSA) is 65.2 Å². The molecule has 1 amide bonds. The fraction of sp³-hybridized carbons (Fsp3) is 0.273. The number of pyridine rings is 1. The first kappa shape index (κ1) is 19.6. The molecule has 0 radical (unpaired) electrons. The van der Waals surface area contributed by atoms with Crippen LogP contribution in [-0.4, -0.2) is 28.9 Å². The predicted octanol–water partition coefficient (Wildman–Crippen LogP) is 3.93. The monoisotopic (exact) mass is 413 g/mol. The van der Waals surface area contributed by atoms with Crippen LogP contribution in [0.3, 0.4) is 0 Å². The van der Waals surface area contributed by atoms with Gasteiger partial charge in [-0.1, -0.05) is 17.7 Å². The molecule has 5 nitrogen and oxygen atoms in total. The number of anilines is 1. The molecule has 0 spiro atoms. The van der Waals surface area contributed by atoms with Crippen LogP contribution in [0.1, 0.15) is 22.4 Å². The molecule has 7 heteroatoms. The SMILES string of the molecule is Cc1ccc2c(=O)c3c([nH]c2c1C)CCN(CC(=O)Nc1ccc(Cl)c(F)c1)C3. The molecule has 0 saturated carbocycles. The fourth-order valence-electron chi connectivity index (χ4n) is 3.76. The lowest BCUT2D eigenvalue weighted by Gasteiger charge is -2.28. The second-order valence-corrected chi connectivity index (χ2v) is 7.89. The Morgan fingerprint density at radius 2 is 2.07 bits per heavy atom. The quantitative estimate of drug-likeness (QED) is 0.683. The first-order valence-electron chi connectivity index (χ1n) is 9.44. The van der Waals surface area contributed by atoms with Gasteiger partial charge in [0.2, 0.25) is 5.91 Å². The fourth-order valence-corrected chi connectivity index (χ4v) is 3.88. The van der Waals surface area contributed by atoms with Crippen LogP contribution in [0.2, 0.25) is 5.02 Å². The molecule has 4 rings (SSSR count). The van der Waals surface area contributed by atoms with Crippen molar-refractivity contribution in [3.63, 3.8) is 0 Å². The maximum absolute atomic E-state index is 13.5. The van der Waals surface area contributed by atoms with Gasteiger partial charge in [-0.15, -0.1) is 0 Å². The van der Waals surface area contributed by atoms with E-state index in [0.29, 0.717) is 36.1 Å². The Labute approximate surface area is 172 Å². The molecule has 0 bridgehead atoms. The van der Waals surface area contributed by atoms with Crippen molar-refractivity contribution in [2.45, 2.75) is 26.8 Å². The highest BCUT2D eigenvalue weighted by Crippen LogP contribution is 2.23. The van der Waals surface area contributed by atoms with Crippen molar-refractivity contribution in [1.29, 1.82) is 0 Å². The summed E-state index contributed by atoms with van der Waals surface area (Å²) in [6, 6.07) is 7.96. The van der Waals surface area contributed by atoms with Gasteiger partial charge in [0, 0.05) is 41.8 Å². The van der Waals surface area contributed by atoms with Crippen LogP contribution >= 0.6 is 11.6 Å². The first-order chi connectivity index (χ1) is 13.8. The highest BCUT2D eigenvalue weighted by atomic mass is 35.5. The third-order valence-corrected chi connectivity index (χ3v) is 5.83. The molecule has 1 aliphatic rings. The van der Waals surface area contributed by atoms with E-state index in [1.165, 1.54) is 12.1 Å². The van der Waals surface area contributed by atoms with E-state index in [1.807, 2.05) is 30.9 Å². The summed E-state index contributed by atoms with van der Waals surface area (Å²) in [6.07, 6.45) is 0.663. The number of aryl methyl sites for hydroxylation is 2. The van der Waals surface area contributed by atoms with E-state index < -0.39 is 5.82 Å². The molecule has 1 aliphatic heterocycles. The van der Waals surface area contributed by atoms with Crippen LogP contribution in [0.5, 0.6) is 0 Å². The van der Waals surface area contributed by atoms with Crippen LogP contribution in [0.4, 0.5) is 10.1 Å². The van der Waals surface area contributed by atoms with Crippen molar-refractivity contribution in [3.8, 4) is 0 Å². The van der Waals surface area contributed by atoms with E-state index in [2.05, 4.69) is 10.3 Å². The molecule has 3 aromatic rings. The van der Waals surface area contributed by atoms with E-state index in [4.69, 9.17) is 11.6 Å². The van der Waals surface area contributed by atoms with Crippen LogP contribution in [0.25, 0.3) is 10.9 Å². The second-order valence-electron chi connectivity index (χ2n) is 7.48. The summed E-state index contributed by atoms with van der Waals surface area (Å²) in [5.74, 6) is -0.848. The van der Waals surface area contributed by atoms with Gasteiger partial charge in [0.25, 0.3) is 0 Å². The maximum Gasteiger partial charge on any atom is 0.238 e. The molecular formula is C22H21ClFN3O2. The average molecular weight is 414 g/mol. The Balaban J connectivity index is 1.53. The molecule has 0 aliphatic carbocycles. The minimum absolute atomic E-state index is 0.00696. The summed E-state index contributed by atoms with van der Waals surface area (Å²) in [7, 11) is 0. The number of carbonyl (C=O) groups is 1. The highest BCUT2D eigenvalue weighted by Gasteiger charge is 2.23. The summed E-state index contributed by atoms with van der Waals surface area (Å²) in [5, 5.41) is 3.36. The number of H-pyrrole nitrogens is 1. The van der Waals surface area contributed by atoms with Crippen molar-refractivity contribution in [2.24, 2.45) is 0 Å². The average Bonchev–Trinajstić information content (AvgIpc) is 2.68. The number of amides is 1. The lowest BCUT2D eigenvalue weighted by Crippen LogP contribution is -2.39. The zero-order valence-electron chi connectivity index (χ0n) is 16.2. The van der Waals surface area contributed by atoms with Crippen molar-refractivity contribution in [1.82, 2.24) is 9.88 Å². The van der Waals surface area contributed by atoms with E-state index in [1.54, 1.807) is 6.07 Å². The molecule has 0 unspecified atom stereocenters. The highest BCUT2D eigenvalue weighted by molar-refractivity contribution is 6.30. The van der Waals surface area contributed by atoms with Crippen LogP contribution in [0.15, 0.2) is 35.1 Å². The van der Waals surface area contributed by atoms with Gasteiger partial charge in [0.15, 0.2) is 5.43 Å². The number of nitrogens with one attached hydrogen (secondary N) is 2. The lowest BCUT2D eigenvalue weighted by atomic mass is 9.99. The van der Waals surface area contributed by atoms with Crippen molar-refractivity contribution >= 4 is 34.1 Å². The van der Waals surface area contributed by atoms with E-state index in [-0.39, 0.29) is 22.9 Å². The van der Waals surface area contributed by atoms with Crippen LogP contribution in [0, 0.1) is 19.7 Å². The van der Waals surface area contributed by atoms with Crippen LogP contribution < -0.4 is 10.7 Å². The number of rotatable bonds is 3. The maximum atomic E-state index is 13.5. The van der Waals surface area contributed by atoms with Crippen LogP contribution in [-0.2, 0) is 17.8 Å². The van der Waals surface area contributed by atoms with Gasteiger partial charge in [-0.2, -0.15) is 0 Å². The Hall–Kier alpha value is -2.70.